The maximum atomic E-state index is 12.1. The van der Waals surface area contributed by atoms with Crippen LogP contribution in [0.4, 0.5) is 5.69 Å². The van der Waals surface area contributed by atoms with Crippen molar-refractivity contribution in [2.45, 2.75) is 13.5 Å². The minimum atomic E-state index is -0.0820. The molecule has 2 rings (SSSR count). The first-order valence-corrected chi connectivity index (χ1v) is 7.73. The third-order valence-corrected chi connectivity index (χ3v) is 3.63. The molecule has 1 N–H and O–H groups in total. The van der Waals surface area contributed by atoms with Gasteiger partial charge in [0.15, 0.2) is 0 Å². The minimum absolute atomic E-state index is 0.0820. The molecular weight excluding hydrogens is 312 g/mol. The molecular formula is C18H21ClN2O2. The number of benzene rings is 2. The quantitative estimate of drug-likeness (QED) is 0.876. The van der Waals surface area contributed by atoms with Crippen LogP contribution < -0.4 is 10.1 Å². The summed E-state index contributed by atoms with van der Waals surface area (Å²) in [5.41, 5.74) is 2.92. The van der Waals surface area contributed by atoms with Crippen LogP contribution in [0.2, 0.25) is 5.02 Å². The van der Waals surface area contributed by atoms with E-state index in [1.807, 2.05) is 37.1 Å². The van der Waals surface area contributed by atoms with Crippen molar-refractivity contribution in [3.05, 3.63) is 58.6 Å². The minimum Gasteiger partial charge on any atom is -0.496 e. The maximum absolute atomic E-state index is 12.1. The summed E-state index contributed by atoms with van der Waals surface area (Å²) in [6.45, 7) is 2.95. The second-order valence-electron chi connectivity index (χ2n) is 5.55. The molecule has 0 atom stereocenters. The fourth-order valence-corrected chi connectivity index (χ4v) is 2.58. The van der Waals surface area contributed by atoms with Crippen LogP contribution in [0.25, 0.3) is 0 Å². The second kappa shape index (κ2) is 7.99. The summed E-state index contributed by atoms with van der Waals surface area (Å²) in [6.07, 6.45) is 0. The highest BCUT2D eigenvalue weighted by molar-refractivity contribution is 6.30. The van der Waals surface area contributed by atoms with E-state index >= 15 is 0 Å². The number of likely N-dealkylation sites (N-methyl/N-ethyl adjacent to an activating group) is 1. The molecule has 4 nitrogen and oxygen atoms in total. The van der Waals surface area contributed by atoms with Gasteiger partial charge in [0.1, 0.15) is 5.75 Å². The molecule has 0 aliphatic heterocycles. The van der Waals surface area contributed by atoms with Crippen LogP contribution in [0.1, 0.15) is 11.1 Å². The lowest BCUT2D eigenvalue weighted by Crippen LogP contribution is -2.30. The normalized spacial score (nSPS) is 10.7. The summed E-state index contributed by atoms with van der Waals surface area (Å²) in [7, 11) is 3.55. The summed E-state index contributed by atoms with van der Waals surface area (Å²) >= 11 is 5.91. The molecule has 2 aromatic carbocycles. The Kier molecular flexibility index (Phi) is 6.02. The van der Waals surface area contributed by atoms with Crippen LogP contribution in [-0.2, 0) is 11.3 Å². The number of anilines is 1. The zero-order valence-corrected chi connectivity index (χ0v) is 14.4. The van der Waals surface area contributed by atoms with Gasteiger partial charge in [-0.25, -0.2) is 0 Å². The fourth-order valence-electron chi connectivity index (χ4n) is 2.39. The first-order valence-electron chi connectivity index (χ1n) is 7.35. The van der Waals surface area contributed by atoms with E-state index in [1.54, 1.807) is 25.3 Å². The van der Waals surface area contributed by atoms with E-state index in [2.05, 4.69) is 11.4 Å². The molecule has 1 amide bonds. The lowest BCUT2D eigenvalue weighted by Gasteiger charge is -2.18. The average Bonchev–Trinajstić information content (AvgIpc) is 2.47. The van der Waals surface area contributed by atoms with Gasteiger partial charge < -0.3 is 10.1 Å². The van der Waals surface area contributed by atoms with Crippen molar-refractivity contribution >= 4 is 23.2 Å². The Hall–Kier alpha value is -2.04. The summed E-state index contributed by atoms with van der Waals surface area (Å²) in [5, 5.41) is 3.44. The Bertz CT molecular complexity index is 688. The van der Waals surface area contributed by atoms with E-state index in [9.17, 15) is 4.79 Å². The number of hydrogen-bond acceptors (Lipinski definition) is 3. The second-order valence-corrected chi connectivity index (χ2v) is 5.98. The standard InChI is InChI=1S/C18H21ClN2O2/c1-13-7-8-17(23-3)14(9-13)11-21(2)12-18(22)20-16-6-4-5-15(19)10-16/h4-10H,11-12H2,1-3H3,(H,20,22). The van der Waals surface area contributed by atoms with Crippen LogP contribution in [0.3, 0.4) is 0 Å². The predicted octanol–water partition coefficient (Wildman–Crippen LogP) is 3.73. The van der Waals surface area contributed by atoms with Gasteiger partial charge in [-0.2, -0.15) is 0 Å². The van der Waals surface area contributed by atoms with Crippen LogP contribution in [-0.4, -0.2) is 31.5 Å². The van der Waals surface area contributed by atoms with Crippen LogP contribution >= 0.6 is 11.6 Å². The predicted molar refractivity (Wildman–Crippen MR) is 94.1 cm³/mol. The van der Waals surface area contributed by atoms with Crippen LogP contribution in [0.5, 0.6) is 5.75 Å². The Morgan fingerprint density at radius 1 is 1.26 bits per heavy atom. The highest BCUT2D eigenvalue weighted by Crippen LogP contribution is 2.21. The number of nitrogens with one attached hydrogen (secondary N) is 1. The number of methoxy groups -OCH3 is 1. The Morgan fingerprint density at radius 2 is 2.04 bits per heavy atom. The number of rotatable bonds is 6. The largest absolute Gasteiger partial charge is 0.496 e. The number of halogens is 1. The van der Waals surface area contributed by atoms with Crippen molar-refractivity contribution in [1.29, 1.82) is 0 Å². The Balaban J connectivity index is 1.95. The zero-order chi connectivity index (χ0) is 16.8. The smallest absolute Gasteiger partial charge is 0.238 e. The van der Waals surface area contributed by atoms with E-state index in [0.29, 0.717) is 17.3 Å². The monoisotopic (exact) mass is 332 g/mol. The van der Waals surface area contributed by atoms with E-state index < -0.39 is 0 Å². The molecule has 0 heterocycles. The van der Waals surface area contributed by atoms with Crippen molar-refractivity contribution < 1.29 is 9.53 Å². The van der Waals surface area contributed by atoms with E-state index in [1.165, 1.54) is 0 Å². The van der Waals surface area contributed by atoms with E-state index in [4.69, 9.17) is 16.3 Å². The number of aryl methyl sites for hydroxylation is 1. The number of amides is 1. The molecule has 122 valence electrons. The molecule has 0 aliphatic rings. The van der Waals surface area contributed by atoms with Crippen molar-refractivity contribution in [3.8, 4) is 5.75 Å². The van der Waals surface area contributed by atoms with Gasteiger partial charge in [0.05, 0.1) is 13.7 Å². The number of nitrogens with zero attached hydrogens (tertiary/aromatic N) is 1. The topological polar surface area (TPSA) is 41.6 Å². The highest BCUT2D eigenvalue weighted by Gasteiger charge is 2.11. The van der Waals surface area contributed by atoms with Crippen molar-refractivity contribution in [2.24, 2.45) is 0 Å². The molecule has 0 radical (unpaired) electrons. The SMILES string of the molecule is COc1ccc(C)cc1CN(C)CC(=O)Nc1cccc(Cl)c1. The molecule has 0 unspecified atom stereocenters. The van der Waals surface area contributed by atoms with E-state index in [0.717, 1.165) is 16.9 Å². The lowest BCUT2D eigenvalue weighted by atomic mass is 10.1. The fraction of sp³-hybridized carbons (Fsp3) is 0.278. The number of carbonyl (C=O) groups is 1. The molecule has 0 aromatic heterocycles. The van der Waals surface area contributed by atoms with Gasteiger partial charge in [0.25, 0.3) is 0 Å². The molecule has 0 saturated heterocycles. The Labute approximate surface area is 142 Å². The van der Waals surface area contributed by atoms with Gasteiger partial charge in [-0.15, -0.1) is 0 Å². The van der Waals surface area contributed by atoms with Gasteiger partial charge in [-0.05, 0) is 38.2 Å². The summed E-state index contributed by atoms with van der Waals surface area (Å²) in [5.74, 6) is 0.749. The van der Waals surface area contributed by atoms with Gasteiger partial charge in [-0.1, -0.05) is 35.4 Å². The average molecular weight is 333 g/mol. The van der Waals surface area contributed by atoms with Gasteiger partial charge in [-0.3, -0.25) is 9.69 Å². The van der Waals surface area contributed by atoms with E-state index in [-0.39, 0.29) is 12.5 Å². The van der Waals surface area contributed by atoms with Crippen molar-refractivity contribution in [1.82, 2.24) is 4.90 Å². The van der Waals surface area contributed by atoms with Gasteiger partial charge in [0.2, 0.25) is 5.91 Å². The number of carbonyl (C=O) groups excluding carboxylic acids is 1. The van der Waals surface area contributed by atoms with Crippen LogP contribution in [0.15, 0.2) is 42.5 Å². The molecule has 5 heteroatoms. The summed E-state index contributed by atoms with van der Waals surface area (Å²) < 4.78 is 5.37. The number of ether oxygens (including phenoxy) is 1. The maximum Gasteiger partial charge on any atom is 0.238 e. The molecule has 0 saturated carbocycles. The molecule has 0 aliphatic carbocycles. The summed E-state index contributed by atoms with van der Waals surface area (Å²) in [4.78, 5) is 14.1. The van der Waals surface area contributed by atoms with Crippen molar-refractivity contribution in [3.63, 3.8) is 0 Å². The first kappa shape index (κ1) is 17.3. The third kappa shape index (κ3) is 5.27. The number of hydrogen-bond donors (Lipinski definition) is 1. The summed E-state index contributed by atoms with van der Waals surface area (Å²) in [6, 6.07) is 13.1. The molecule has 0 spiro atoms. The molecule has 0 fully saturated rings. The third-order valence-electron chi connectivity index (χ3n) is 3.40. The lowest BCUT2D eigenvalue weighted by molar-refractivity contribution is -0.117. The molecule has 2 aromatic rings. The Morgan fingerprint density at radius 3 is 2.74 bits per heavy atom. The zero-order valence-electron chi connectivity index (χ0n) is 13.6. The van der Waals surface area contributed by atoms with Gasteiger partial charge >= 0.3 is 0 Å². The highest BCUT2D eigenvalue weighted by atomic mass is 35.5. The molecule has 23 heavy (non-hydrogen) atoms. The van der Waals surface area contributed by atoms with Crippen molar-refractivity contribution in [2.75, 3.05) is 26.0 Å². The molecule has 0 bridgehead atoms. The van der Waals surface area contributed by atoms with Crippen LogP contribution in [0, 0.1) is 6.92 Å². The first-order chi connectivity index (χ1) is 11.0. The van der Waals surface area contributed by atoms with Gasteiger partial charge in [0, 0.05) is 22.8 Å².